The summed E-state index contributed by atoms with van der Waals surface area (Å²) in [4.78, 5) is 15.1. The van der Waals surface area contributed by atoms with Crippen molar-refractivity contribution >= 4 is 29.1 Å². The molecule has 2 N–H and O–H groups in total. The fraction of sp³-hybridized carbons (Fsp3) is 0.480. The molecule has 1 amide bonds. The van der Waals surface area contributed by atoms with Gasteiger partial charge in [-0.2, -0.15) is 0 Å². The summed E-state index contributed by atoms with van der Waals surface area (Å²) in [6, 6.07) is 11.0. The monoisotopic (exact) mass is 461 g/mol. The summed E-state index contributed by atoms with van der Waals surface area (Å²) in [5.41, 5.74) is 3.48. The highest BCUT2D eigenvalue weighted by molar-refractivity contribution is 6.36. The van der Waals surface area contributed by atoms with E-state index in [1.807, 2.05) is 26.8 Å². The topological polar surface area (TPSA) is 60.8 Å². The number of aliphatic hydroxyl groups is 2. The summed E-state index contributed by atoms with van der Waals surface area (Å²) in [6.45, 7) is 5.63. The Bertz CT molecular complexity index is 980. The smallest absolute Gasteiger partial charge is 0.227 e. The highest BCUT2D eigenvalue weighted by atomic mass is 35.5. The molecule has 1 fully saturated rings. The van der Waals surface area contributed by atoms with E-state index in [0.29, 0.717) is 27.9 Å². The largest absolute Gasteiger partial charge is 0.394 e. The molecule has 0 spiro atoms. The highest BCUT2D eigenvalue weighted by Gasteiger charge is 2.49. The third kappa shape index (κ3) is 4.23. The van der Waals surface area contributed by atoms with Crippen molar-refractivity contribution in [1.29, 1.82) is 0 Å². The summed E-state index contributed by atoms with van der Waals surface area (Å²) < 4.78 is 0. The van der Waals surface area contributed by atoms with Crippen LogP contribution in [0.15, 0.2) is 36.4 Å². The van der Waals surface area contributed by atoms with Crippen LogP contribution in [0.5, 0.6) is 0 Å². The van der Waals surface area contributed by atoms with Crippen LogP contribution in [0.1, 0.15) is 61.4 Å². The Balaban J connectivity index is 1.64. The summed E-state index contributed by atoms with van der Waals surface area (Å²) in [5, 5.41) is 21.5. The molecule has 0 bridgehead atoms. The second kappa shape index (κ2) is 8.40. The number of fused-ring (bicyclic) bond motifs is 1. The van der Waals surface area contributed by atoms with E-state index in [0.717, 1.165) is 12.0 Å². The zero-order valence-corrected chi connectivity index (χ0v) is 19.6. The van der Waals surface area contributed by atoms with Gasteiger partial charge in [-0.3, -0.25) is 4.79 Å². The van der Waals surface area contributed by atoms with Crippen LogP contribution in [-0.4, -0.2) is 39.3 Å². The number of hydrogen-bond donors (Lipinski definition) is 2. The van der Waals surface area contributed by atoms with E-state index >= 15 is 0 Å². The van der Waals surface area contributed by atoms with Crippen LogP contribution in [0.2, 0.25) is 10.0 Å². The van der Waals surface area contributed by atoms with Crippen LogP contribution in [0, 0.1) is 5.92 Å². The number of carbonyl (C=O) groups excluding carboxylic acids is 1. The minimum absolute atomic E-state index is 0.0950. The van der Waals surface area contributed by atoms with Gasteiger partial charge in [0, 0.05) is 10.0 Å². The summed E-state index contributed by atoms with van der Waals surface area (Å²) in [7, 11) is 0. The molecule has 2 aromatic carbocycles. The number of halogens is 2. The van der Waals surface area contributed by atoms with Crippen molar-refractivity contribution < 1.29 is 15.0 Å². The molecule has 0 radical (unpaired) electrons. The van der Waals surface area contributed by atoms with Crippen LogP contribution in [0.4, 0.5) is 0 Å². The second-order valence-electron chi connectivity index (χ2n) is 9.41. The number of amides is 1. The zero-order chi connectivity index (χ0) is 22.5. The van der Waals surface area contributed by atoms with E-state index < -0.39 is 5.60 Å². The van der Waals surface area contributed by atoms with Crippen molar-refractivity contribution in [2.45, 2.75) is 63.6 Å². The first-order valence-corrected chi connectivity index (χ1v) is 11.6. The van der Waals surface area contributed by atoms with E-state index in [2.05, 4.69) is 12.1 Å². The van der Waals surface area contributed by atoms with Gasteiger partial charge in [0.25, 0.3) is 0 Å². The molecular formula is C25H29Cl2NO3. The lowest BCUT2D eigenvalue weighted by atomic mass is 9.83. The van der Waals surface area contributed by atoms with Gasteiger partial charge in [-0.05, 0) is 79.8 Å². The minimum Gasteiger partial charge on any atom is -0.394 e. The Morgan fingerprint density at radius 1 is 1.13 bits per heavy atom. The SMILES string of the molecule is C[C@H]1c2cccc([C@H]3CC3C(C)(C)O)c2C[C@H](CO)N1C(=O)Cc1c(Cl)cccc1Cl. The number of aliphatic hydroxyl groups excluding tert-OH is 1. The molecule has 2 aliphatic rings. The summed E-state index contributed by atoms with van der Waals surface area (Å²) in [6.07, 6.45) is 1.66. The average Bonchev–Trinajstić information content (AvgIpc) is 3.51. The molecule has 4 atom stereocenters. The molecule has 4 rings (SSSR count). The van der Waals surface area contributed by atoms with Crippen molar-refractivity contribution in [3.63, 3.8) is 0 Å². The molecule has 1 aliphatic heterocycles. The van der Waals surface area contributed by atoms with Gasteiger partial charge in [-0.25, -0.2) is 0 Å². The van der Waals surface area contributed by atoms with E-state index in [1.165, 1.54) is 11.1 Å². The second-order valence-corrected chi connectivity index (χ2v) is 10.2. The van der Waals surface area contributed by atoms with Crippen molar-refractivity contribution in [3.8, 4) is 0 Å². The van der Waals surface area contributed by atoms with Crippen molar-refractivity contribution in [2.24, 2.45) is 5.92 Å². The Morgan fingerprint density at radius 3 is 2.32 bits per heavy atom. The molecule has 0 saturated heterocycles. The number of rotatable bonds is 5. The first-order valence-electron chi connectivity index (χ1n) is 10.8. The van der Waals surface area contributed by atoms with Crippen LogP contribution < -0.4 is 0 Å². The van der Waals surface area contributed by atoms with E-state index in [4.69, 9.17) is 23.2 Å². The number of nitrogens with zero attached hydrogens (tertiary/aromatic N) is 1. The number of hydrogen-bond acceptors (Lipinski definition) is 3. The maximum atomic E-state index is 13.3. The molecule has 1 heterocycles. The normalized spacial score (nSPS) is 25.3. The Labute approximate surface area is 193 Å². The predicted octanol–water partition coefficient (Wildman–Crippen LogP) is 4.92. The first kappa shape index (κ1) is 22.6. The van der Waals surface area contributed by atoms with Crippen LogP contribution >= 0.6 is 23.2 Å². The van der Waals surface area contributed by atoms with Gasteiger partial charge in [-0.15, -0.1) is 0 Å². The Kier molecular flexibility index (Phi) is 6.12. The zero-order valence-electron chi connectivity index (χ0n) is 18.1. The van der Waals surface area contributed by atoms with Gasteiger partial charge < -0.3 is 15.1 Å². The van der Waals surface area contributed by atoms with Gasteiger partial charge in [-0.1, -0.05) is 47.5 Å². The molecule has 4 nitrogen and oxygen atoms in total. The Hall–Kier alpha value is -1.59. The van der Waals surface area contributed by atoms with E-state index in [-0.39, 0.29) is 36.9 Å². The summed E-state index contributed by atoms with van der Waals surface area (Å²) in [5.74, 6) is 0.466. The standard InChI is InChI=1S/C25H29Cl2NO3/c1-14-16-6-4-7-17(19-11-21(19)25(2,3)31)18(16)10-15(13-29)28(14)24(30)12-20-22(26)8-5-9-23(20)27/h4-9,14-15,19,21,29,31H,10-13H2,1-3H3/t14-,15+,19+,21?/m0/s1. The Morgan fingerprint density at radius 2 is 1.74 bits per heavy atom. The maximum Gasteiger partial charge on any atom is 0.227 e. The maximum absolute atomic E-state index is 13.3. The molecule has 1 saturated carbocycles. The van der Waals surface area contributed by atoms with Gasteiger partial charge in [0.05, 0.1) is 30.7 Å². The lowest BCUT2D eigenvalue weighted by Gasteiger charge is -2.42. The molecule has 1 unspecified atom stereocenters. The molecule has 1 aliphatic carbocycles. The van der Waals surface area contributed by atoms with Gasteiger partial charge in [0.15, 0.2) is 0 Å². The van der Waals surface area contributed by atoms with Gasteiger partial charge in [0.2, 0.25) is 5.91 Å². The van der Waals surface area contributed by atoms with Crippen molar-refractivity contribution in [1.82, 2.24) is 4.90 Å². The highest BCUT2D eigenvalue weighted by Crippen LogP contribution is 2.55. The van der Waals surface area contributed by atoms with Gasteiger partial charge in [0.1, 0.15) is 0 Å². The van der Waals surface area contributed by atoms with Crippen LogP contribution in [0.3, 0.4) is 0 Å². The predicted molar refractivity (Wildman–Crippen MR) is 124 cm³/mol. The molecule has 166 valence electrons. The molecule has 6 heteroatoms. The third-order valence-corrected chi connectivity index (χ3v) is 7.64. The minimum atomic E-state index is -0.708. The number of carbonyl (C=O) groups is 1. The van der Waals surface area contributed by atoms with Crippen LogP contribution in [0.25, 0.3) is 0 Å². The lowest BCUT2D eigenvalue weighted by Crippen LogP contribution is -2.49. The van der Waals surface area contributed by atoms with E-state index in [9.17, 15) is 15.0 Å². The molecular weight excluding hydrogens is 433 g/mol. The first-order chi connectivity index (χ1) is 14.6. The molecule has 31 heavy (non-hydrogen) atoms. The average molecular weight is 462 g/mol. The molecule has 2 aromatic rings. The van der Waals surface area contributed by atoms with Crippen LogP contribution in [-0.2, 0) is 17.6 Å². The lowest BCUT2D eigenvalue weighted by molar-refractivity contribution is -0.137. The fourth-order valence-electron chi connectivity index (χ4n) is 5.23. The van der Waals surface area contributed by atoms with Gasteiger partial charge >= 0.3 is 0 Å². The van der Waals surface area contributed by atoms with Crippen molar-refractivity contribution in [2.75, 3.05) is 6.61 Å². The van der Waals surface area contributed by atoms with E-state index in [1.54, 1.807) is 23.1 Å². The summed E-state index contributed by atoms with van der Waals surface area (Å²) >= 11 is 12.6. The quantitative estimate of drug-likeness (QED) is 0.664. The fourth-order valence-corrected chi connectivity index (χ4v) is 5.76. The van der Waals surface area contributed by atoms with Crippen molar-refractivity contribution in [3.05, 3.63) is 68.7 Å². The molecule has 0 aromatic heterocycles. The number of benzene rings is 2. The third-order valence-electron chi connectivity index (χ3n) is 6.93.